The van der Waals surface area contributed by atoms with E-state index in [-0.39, 0.29) is 12.2 Å². The zero-order valence-corrected chi connectivity index (χ0v) is 16.2. The molecule has 30 heavy (non-hydrogen) atoms. The van der Waals surface area contributed by atoms with E-state index < -0.39 is 11.8 Å². The first-order valence-corrected chi connectivity index (χ1v) is 9.39. The Hall–Kier alpha value is -4.00. The van der Waals surface area contributed by atoms with Crippen molar-refractivity contribution >= 4 is 22.8 Å². The van der Waals surface area contributed by atoms with Crippen LogP contribution >= 0.6 is 0 Å². The van der Waals surface area contributed by atoms with Gasteiger partial charge in [0.05, 0.1) is 17.5 Å². The Kier molecular flexibility index (Phi) is 5.26. The number of para-hydroxylation sites is 1. The first kappa shape index (κ1) is 19.3. The minimum atomic E-state index is -0.448. The third-order valence-corrected chi connectivity index (χ3v) is 4.69. The van der Waals surface area contributed by atoms with E-state index in [9.17, 15) is 14.0 Å². The fraction of sp³-hybridized carbons (Fsp3) is 0.0870. The number of aryl methyl sites for hydroxylation is 1. The molecule has 0 aliphatic heterocycles. The molecule has 0 bridgehead atoms. The Morgan fingerprint density at radius 3 is 2.43 bits per heavy atom. The highest BCUT2D eigenvalue weighted by Gasteiger charge is 2.13. The number of fused-ring (bicyclic) bond motifs is 1. The molecule has 3 aromatic carbocycles. The van der Waals surface area contributed by atoms with E-state index in [4.69, 9.17) is 0 Å². The van der Waals surface area contributed by atoms with Crippen molar-refractivity contribution in [3.63, 3.8) is 0 Å². The van der Waals surface area contributed by atoms with Crippen LogP contribution in [-0.2, 0) is 11.2 Å². The van der Waals surface area contributed by atoms with Gasteiger partial charge in [0.15, 0.2) is 0 Å². The summed E-state index contributed by atoms with van der Waals surface area (Å²) in [4.78, 5) is 29.0. The predicted octanol–water partition coefficient (Wildman–Crippen LogP) is 3.48. The summed E-state index contributed by atoms with van der Waals surface area (Å²) in [6.07, 6.45) is 0.0280. The number of nitrogens with one attached hydrogen (secondary N) is 2. The maximum atomic E-state index is 12.9. The summed E-state index contributed by atoms with van der Waals surface area (Å²) < 4.78 is 15.0. The van der Waals surface area contributed by atoms with Crippen LogP contribution in [0.5, 0.6) is 0 Å². The molecule has 6 nitrogen and oxygen atoms in total. The van der Waals surface area contributed by atoms with Crippen molar-refractivity contribution in [1.29, 1.82) is 0 Å². The van der Waals surface area contributed by atoms with Gasteiger partial charge in [-0.1, -0.05) is 30.3 Å². The van der Waals surface area contributed by atoms with Gasteiger partial charge in [-0.3, -0.25) is 25.0 Å². The normalized spacial score (nSPS) is 10.7. The number of benzene rings is 3. The van der Waals surface area contributed by atoms with Crippen LogP contribution in [0.3, 0.4) is 0 Å². The third kappa shape index (κ3) is 4.05. The zero-order valence-electron chi connectivity index (χ0n) is 16.2. The minimum Gasteiger partial charge on any atom is -0.297 e. The second-order valence-electron chi connectivity index (χ2n) is 6.84. The zero-order chi connectivity index (χ0) is 21.1. The molecule has 150 valence electrons. The highest BCUT2D eigenvalue weighted by Crippen LogP contribution is 2.22. The number of halogens is 1. The molecule has 0 spiro atoms. The molecule has 2 N–H and O–H groups in total. The smallest absolute Gasteiger partial charge is 0.269 e. The molecule has 0 aliphatic carbocycles. The van der Waals surface area contributed by atoms with E-state index in [1.54, 1.807) is 12.1 Å². The third-order valence-electron chi connectivity index (χ3n) is 4.69. The lowest BCUT2D eigenvalue weighted by Gasteiger charge is -2.08. The fourth-order valence-electron chi connectivity index (χ4n) is 3.28. The Morgan fingerprint density at radius 1 is 0.967 bits per heavy atom. The standard InChI is InChI=1S/C23H19FN4O2/c1-15-25-20-14-17(9-12-21(20)28(15)19-5-3-2-4-6-19)23(30)27-26-22(29)13-16-7-10-18(24)11-8-16/h2-12,14H,13H2,1H3,(H,26,29)(H,27,30). The van der Waals surface area contributed by atoms with E-state index in [0.29, 0.717) is 16.6 Å². The molecule has 0 saturated heterocycles. The maximum Gasteiger partial charge on any atom is 0.269 e. The number of carbonyl (C=O) groups excluding carboxylic acids is 2. The summed E-state index contributed by atoms with van der Waals surface area (Å²) in [6.45, 7) is 1.91. The average molecular weight is 402 g/mol. The molecule has 0 aliphatic rings. The molecule has 0 unspecified atom stereocenters. The Balaban J connectivity index is 1.46. The van der Waals surface area contributed by atoms with Crippen LogP contribution in [0.1, 0.15) is 21.7 Å². The van der Waals surface area contributed by atoms with E-state index in [0.717, 1.165) is 17.0 Å². The van der Waals surface area contributed by atoms with Crippen LogP contribution in [0.15, 0.2) is 72.8 Å². The number of rotatable bonds is 4. The highest BCUT2D eigenvalue weighted by molar-refractivity contribution is 5.98. The lowest BCUT2D eigenvalue weighted by molar-refractivity contribution is -0.121. The molecular weight excluding hydrogens is 383 g/mol. The van der Waals surface area contributed by atoms with Crippen LogP contribution in [0.2, 0.25) is 0 Å². The predicted molar refractivity (Wildman–Crippen MR) is 112 cm³/mol. The quantitative estimate of drug-likeness (QED) is 0.513. The molecule has 0 fully saturated rings. The topological polar surface area (TPSA) is 76.0 Å². The van der Waals surface area contributed by atoms with Gasteiger partial charge in [0, 0.05) is 11.3 Å². The van der Waals surface area contributed by atoms with Gasteiger partial charge in [-0.05, 0) is 55.0 Å². The van der Waals surface area contributed by atoms with Gasteiger partial charge in [0.1, 0.15) is 11.6 Å². The van der Waals surface area contributed by atoms with Crippen molar-refractivity contribution in [3.8, 4) is 5.69 Å². The SMILES string of the molecule is Cc1nc2cc(C(=O)NNC(=O)Cc3ccc(F)cc3)ccc2n1-c1ccccc1. The number of amides is 2. The number of hydrogen-bond donors (Lipinski definition) is 2. The summed E-state index contributed by atoms with van der Waals surface area (Å²) in [5, 5.41) is 0. The van der Waals surface area contributed by atoms with Crippen molar-refractivity contribution < 1.29 is 14.0 Å². The van der Waals surface area contributed by atoms with Gasteiger partial charge in [-0.2, -0.15) is 0 Å². The number of hydrazine groups is 1. The summed E-state index contributed by atoms with van der Waals surface area (Å²) in [5.41, 5.74) is 8.36. The molecule has 0 atom stereocenters. The summed E-state index contributed by atoms with van der Waals surface area (Å²) >= 11 is 0. The molecule has 0 saturated carbocycles. The molecule has 1 heterocycles. The molecule has 4 aromatic rings. The number of imidazole rings is 1. The van der Waals surface area contributed by atoms with Crippen LogP contribution in [0.25, 0.3) is 16.7 Å². The highest BCUT2D eigenvalue weighted by atomic mass is 19.1. The summed E-state index contributed by atoms with van der Waals surface area (Å²) in [5.74, 6) is -0.411. The Morgan fingerprint density at radius 2 is 1.70 bits per heavy atom. The van der Waals surface area contributed by atoms with Gasteiger partial charge in [-0.25, -0.2) is 9.37 Å². The molecule has 1 aromatic heterocycles. The van der Waals surface area contributed by atoms with Crippen LogP contribution in [0, 0.1) is 12.7 Å². The summed E-state index contributed by atoms with van der Waals surface area (Å²) in [7, 11) is 0. The molecule has 0 radical (unpaired) electrons. The van der Waals surface area contributed by atoms with E-state index in [1.165, 1.54) is 24.3 Å². The van der Waals surface area contributed by atoms with E-state index >= 15 is 0 Å². The molecular formula is C23H19FN4O2. The monoisotopic (exact) mass is 402 g/mol. The largest absolute Gasteiger partial charge is 0.297 e. The van der Waals surface area contributed by atoms with Gasteiger partial charge in [0.2, 0.25) is 5.91 Å². The average Bonchev–Trinajstić information content (AvgIpc) is 3.09. The number of hydrogen-bond acceptors (Lipinski definition) is 3. The number of carbonyl (C=O) groups is 2. The Labute approximate surface area is 172 Å². The van der Waals surface area contributed by atoms with Gasteiger partial charge in [0.25, 0.3) is 5.91 Å². The first-order chi connectivity index (χ1) is 14.5. The Bertz CT molecular complexity index is 1220. The van der Waals surface area contributed by atoms with E-state index in [2.05, 4.69) is 15.8 Å². The van der Waals surface area contributed by atoms with Crippen molar-refractivity contribution in [2.75, 3.05) is 0 Å². The maximum absolute atomic E-state index is 12.9. The minimum absolute atomic E-state index is 0.0280. The van der Waals surface area contributed by atoms with E-state index in [1.807, 2.05) is 47.9 Å². The van der Waals surface area contributed by atoms with Crippen molar-refractivity contribution in [2.24, 2.45) is 0 Å². The van der Waals surface area contributed by atoms with Crippen LogP contribution in [-0.4, -0.2) is 21.4 Å². The van der Waals surface area contributed by atoms with Gasteiger partial charge in [-0.15, -0.1) is 0 Å². The van der Waals surface area contributed by atoms with Crippen molar-refractivity contribution in [3.05, 3.63) is 95.6 Å². The lowest BCUT2D eigenvalue weighted by Crippen LogP contribution is -2.42. The van der Waals surface area contributed by atoms with Crippen LogP contribution < -0.4 is 10.9 Å². The van der Waals surface area contributed by atoms with Crippen molar-refractivity contribution in [1.82, 2.24) is 20.4 Å². The van der Waals surface area contributed by atoms with Crippen molar-refractivity contribution in [2.45, 2.75) is 13.3 Å². The first-order valence-electron chi connectivity index (χ1n) is 9.39. The van der Waals surface area contributed by atoms with Gasteiger partial charge < -0.3 is 0 Å². The molecule has 4 rings (SSSR count). The van der Waals surface area contributed by atoms with Crippen LogP contribution in [0.4, 0.5) is 4.39 Å². The fourth-order valence-corrected chi connectivity index (χ4v) is 3.28. The lowest BCUT2D eigenvalue weighted by atomic mass is 10.1. The number of aromatic nitrogens is 2. The summed E-state index contributed by atoms with van der Waals surface area (Å²) in [6, 6.07) is 20.7. The number of nitrogens with zero attached hydrogens (tertiary/aromatic N) is 2. The van der Waals surface area contributed by atoms with Gasteiger partial charge >= 0.3 is 0 Å². The second kappa shape index (κ2) is 8.16. The molecule has 2 amide bonds. The molecule has 7 heteroatoms. The second-order valence-corrected chi connectivity index (χ2v) is 6.84.